The zero-order valence-corrected chi connectivity index (χ0v) is 15.3. The van der Waals surface area contributed by atoms with Crippen molar-refractivity contribution in [2.45, 2.75) is 19.1 Å². The molecule has 0 aliphatic carbocycles. The molecule has 0 atom stereocenters. The summed E-state index contributed by atoms with van der Waals surface area (Å²) in [5.74, 6) is -0.774. The Morgan fingerprint density at radius 2 is 1.90 bits per heavy atom. The van der Waals surface area contributed by atoms with Gasteiger partial charge >= 0.3 is 6.18 Å². The lowest BCUT2D eigenvalue weighted by Crippen LogP contribution is -2.30. The number of amides is 2. The molecule has 3 rings (SSSR count). The normalized spacial score (nSPS) is 13.4. The second kappa shape index (κ2) is 8.34. The van der Waals surface area contributed by atoms with Crippen LogP contribution in [-0.4, -0.2) is 41.0 Å². The van der Waals surface area contributed by atoms with Gasteiger partial charge < -0.3 is 15.0 Å². The maximum absolute atomic E-state index is 12.4. The van der Waals surface area contributed by atoms with Crippen LogP contribution in [0.25, 0.3) is 5.70 Å². The number of alkyl halides is 3. The summed E-state index contributed by atoms with van der Waals surface area (Å²) in [5, 5.41) is 2.60. The van der Waals surface area contributed by atoms with Gasteiger partial charge in [-0.3, -0.25) is 9.59 Å². The maximum Gasteiger partial charge on any atom is 0.422 e. The summed E-state index contributed by atoms with van der Waals surface area (Å²) in [4.78, 5) is 29.8. The SMILES string of the molecule is C=C1c2ccccc2C(=O)N1CCC(=O)NCc1cccnc1OCC(F)(F)F. The molecule has 0 bridgehead atoms. The molecule has 2 heterocycles. The number of carbonyl (C=O) groups excluding carboxylic acids is 2. The Bertz CT molecular complexity index is 909. The van der Waals surface area contributed by atoms with Gasteiger partial charge in [0.15, 0.2) is 6.61 Å². The minimum absolute atomic E-state index is 0.0117. The summed E-state index contributed by atoms with van der Waals surface area (Å²) in [7, 11) is 0. The van der Waals surface area contributed by atoms with Crippen molar-refractivity contribution in [3.8, 4) is 5.88 Å². The molecule has 1 N–H and O–H groups in total. The number of benzene rings is 1. The van der Waals surface area contributed by atoms with E-state index in [0.717, 1.165) is 5.56 Å². The molecule has 0 saturated carbocycles. The summed E-state index contributed by atoms with van der Waals surface area (Å²) in [6.45, 7) is 2.53. The van der Waals surface area contributed by atoms with Crippen molar-refractivity contribution in [2.75, 3.05) is 13.2 Å². The van der Waals surface area contributed by atoms with E-state index >= 15 is 0 Å². The molecule has 9 heteroatoms. The molecule has 29 heavy (non-hydrogen) atoms. The van der Waals surface area contributed by atoms with E-state index in [9.17, 15) is 22.8 Å². The fourth-order valence-corrected chi connectivity index (χ4v) is 2.91. The highest BCUT2D eigenvalue weighted by Gasteiger charge is 2.31. The molecule has 6 nitrogen and oxygen atoms in total. The Morgan fingerprint density at radius 1 is 1.17 bits per heavy atom. The molecular weight excluding hydrogens is 387 g/mol. The lowest BCUT2D eigenvalue weighted by atomic mass is 10.1. The van der Waals surface area contributed by atoms with Crippen LogP contribution in [-0.2, 0) is 11.3 Å². The van der Waals surface area contributed by atoms with Gasteiger partial charge in [0.25, 0.3) is 5.91 Å². The largest absolute Gasteiger partial charge is 0.468 e. The minimum Gasteiger partial charge on any atom is -0.468 e. The number of nitrogens with zero attached hydrogens (tertiary/aromatic N) is 2. The van der Waals surface area contributed by atoms with E-state index in [0.29, 0.717) is 16.8 Å². The number of nitrogens with one attached hydrogen (secondary N) is 1. The van der Waals surface area contributed by atoms with Gasteiger partial charge in [-0.15, -0.1) is 0 Å². The molecule has 0 fully saturated rings. The van der Waals surface area contributed by atoms with Crippen molar-refractivity contribution < 1.29 is 27.5 Å². The average molecular weight is 405 g/mol. The minimum atomic E-state index is -4.49. The summed E-state index contributed by atoms with van der Waals surface area (Å²) in [6.07, 6.45) is -3.17. The number of pyridine rings is 1. The van der Waals surface area contributed by atoms with Gasteiger partial charge in [0, 0.05) is 48.1 Å². The summed E-state index contributed by atoms with van der Waals surface area (Å²) < 4.78 is 41.7. The number of hydrogen-bond acceptors (Lipinski definition) is 4. The predicted octanol–water partition coefficient (Wildman–Crippen LogP) is 3.16. The van der Waals surface area contributed by atoms with Gasteiger partial charge in [-0.05, 0) is 12.1 Å². The third kappa shape index (κ3) is 4.92. The smallest absolute Gasteiger partial charge is 0.422 e. The van der Waals surface area contributed by atoms with E-state index < -0.39 is 12.8 Å². The van der Waals surface area contributed by atoms with Crippen molar-refractivity contribution in [1.29, 1.82) is 0 Å². The van der Waals surface area contributed by atoms with Gasteiger partial charge in [0.1, 0.15) is 0 Å². The third-order valence-electron chi connectivity index (χ3n) is 4.30. The Labute approximate surface area is 165 Å². The highest BCUT2D eigenvalue weighted by Crippen LogP contribution is 2.31. The van der Waals surface area contributed by atoms with E-state index in [1.54, 1.807) is 24.3 Å². The number of fused-ring (bicyclic) bond motifs is 1. The molecular formula is C20H18F3N3O3. The molecule has 2 aromatic rings. The van der Waals surface area contributed by atoms with Crippen LogP contribution in [0.1, 0.15) is 27.9 Å². The first kappa shape index (κ1) is 20.4. The highest BCUT2D eigenvalue weighted by molar-refractivity contribution is 6.08. The Hall–Kier alpha value is -3.36. The molecule has 1 aliphatic rings. The van der Waals surface area contributed by atoms with Crippen LogP contribution in [0.4, 0.5) is 13.2 Å². The fraction of sp³-hybridized carbons (Fsp3) is 0.250. The molecule has 2 amide bonds. The van der Waals surface area contributed by atoms with E-state index in [1.807, 2.05) is 0 Å². The van der Waals surface area contributed by atoms with Crippen LogP contribution in [0, 0.1) is 0 Å². The molecule has 0 radical (unpaired) electrons. The monoisotopic (exact) mass is 405 g/mol. The van der Waals surface area contributed by atoms with Crippen molar-refractivity contribution >= 4 is 17.5 Å². The number of ether oxygens (including phenoxy) is 1. The Balaban J connectivity index is 1.53. The predicted molar refractivity (Wildman–Crippen MR) is 98.8 cm³/mol. The number of carbonyl (C=O) groups is 2. The molecule has 1 aromatic carbocycles. The molecule has 1 aromatic heterocycles. The molecule has 0 spiro atoms. The first-order valence-corrected chi connectivity index (χ1v) is 8.76. The van der Waals surface area contributed by atoms with Crippen LogP contribution in [0.3, 0.4) is 0 Å². The van der Waals surface area contributed by atoms with E-state index in [1.165, 1.54) is 23.2 Å². The van der Waals surface area contributed by atoms with E-state index in [4.69, 9.17) is 0 Å². The molecule has 0 saturated heterocycles. The number of halogens is 3. The Kier molecular flexibility index (Phi) is 5.86. The van der Waals surface area contributed by atoms with Crippen molar-refractivity contribution in [2.24, 2.45) is 0 Å². The van der Waals surface area contributed by atoms with Crippen molar-refractivity contribution in [3.05, 3.63) is 65.9 Å². The highest BCUT2D eigenvalue weighted by atomic mass is 19.4. The third-order valence-corrected chi connectivity index (χ3v) is 4.30. The quantitative estimate of drug-likeness (QED) is 0.768. The van der Waals surface area contributed by atoms with Crippen LogP contribution in [0.2, 0.25) is 0 Å². The molecule has 152 valence electrons. The average Bonchev–Trinajstić information content (AvgIpc) is 2.94. The topological polar surface area (TPSA) is 71.5 Å². The van der Waals surface area contributed by atoms with E-state index in [-0.39, 0.29) is 37.2 Å². The molecule has 0 unspecified atom stereocenters. The van der Waals surface area contributed by atoms with E-state index in [2.05, 4.69) is 21.6 Å². The van der Waals surface area contributed by atoms with Gasteiger partial charge in [0.2, 0.25) is 11.8 Å². The van der Waals surface area contributed by atoms with Crippen LogP contribution >= 0.6 is 0 Å². The lowest BCUT2D eigenvalue weighted by Gasteiger charge is -2.17. The summed E-state index contributed by atoms with van der Waals surface area (Å²) >= 11 is 0. The van der Waals surface area contributed by atoms with Crippen molar-refractivity contribution in [3.63, 3.8) is 0 Å². The number of rotatable bonds is 7. The van der Waals surface area contributed by atoms with Gasteiger partial charge in [0.05, 0.1) is 0 Å². The summed E-state index contributed by atoms with van der Waals surface area (Å²) in [5.41, 5.74) is 2.13. The lowest BCUT2D eigenvalue weighted by molar-refractivity contribution is -0.154. The van der Waals surface area contributed by atoms with Crippen LogP contribution in [0.5, 0.6) is 5.88 Å². The van der Waals surface area contributed by atoms with Gasteiger partial charge in [-0.2, -0.15) is 13.2 Å². The zero-order chi connectivity index (χ0) is 21.0. The van der Waals surface area contributed by atoms with Gasteiger partial charge in [-0.25, -0.2) is 4.98 Å². The second-order valence-electron chi connectivity index (χ2n) is 6.35. The number of hydrogen-bond donors (Lipinski definition) is 1. The first-order chi connectivity index (χ1) is 13.8. The molecule has 1 aliphatic heterocycles. The number of aromatic nitrogens is 1. The standard InChI is InChI=1S/C20H18F3N3O3/c1-13-15-6-2-3-7-16(15)19(28)26(13)10-8-17(27)25-11-14-5-4-9-24-18(14)29-12-20(21,22)23/h2-7,9H,1,8,10-12H2,(H,25,27). The first-order valence-electron chi connectivity index (χ1n) is 8.76. The maximum atomic E-state index is 12.4. The Morgan fingerprint density at radius 3 is 2.59 bits per heavy atom. The van der Waals surface area contributed by atoms with Crippen LogP contribution < -0.4 is 10.1 Å². The van der Waals surface area contributed by atoms with Crippen LogP contribution in [0.15, 0.2) is 49.2 Å². The summed E-state index contributed by atoms with van der Waals surface area (Å²) in [6, 6.07) is 10.1. The zero-order valence-electron chi connectivity index (χ0n) is 15.3. The second-order valence-corrected chi connectivity index (χ2v) is 6.35. The fourth-order valence-electron chi connectivity index (χ4n) is 2.91. The van der Waals surface area contributed by atoms with Crippen molar-refractivity contribution in [1.82, 2.24) is 15.2 Å². The van der Waals surface area contributed by atoms with Gasteiger partial charge in [-0.1, -0.05) is 30.8 Å².